The molecule has 27 heavy (non-hydrogen) atoms. The number of aromatic nitrogens is 3. The first-order valence-electron chi connectivity index (χ1n) is 8.21. The Morgan fingerprint density at radius 3 is 2.63 bits per heavy atom. The molecule has 6 nitrogen and oxygen atoms in total. The number of nitrogens with zero attached hydrogens (tertiary/aromatic N) is 4. The van der Waals surface area contributed by atoms with Crippen molar-refractivity contribution in [2.24, 2.45) is 0 Å². The van der Waals surface area contributed by atoms with Crippen molar-refractivity contribution in [3.8, 4) is 17.5 Å². The molecular formula is C19H16ClN5OS. The number of thioether (sulfide) groups is 1. The van der Waals surface area contributed by atoms with Gasteiger partial charge in [0.2, 0.25) is 11.1 Å². The van der Waals surface area contributed by atoms with E-state index in [1.807, 2.05) is 42.5 Å². The van der Waals surface area contributed by atoms with Gasteiger partial charge in [-0.3, -0.25) is 9.89 Å². The first-order valence-corrected chi connectivity index (χ1v) is 9.57. The van der Waals surface area contributed by atoms with Crippen LogP contribution in [0.3, 0.4) is 0 Å². The molecule has 0 saturated carbocycles. The minimum Gasteiger partial charge on any atom is -0.311 e. The number of H-pyrrole nitrogens is 1. The normalized spacial score (nSPS) is 10.4. The molecule has 3 aromatic rings. The van der Waals surface area contributed by atoms with E-state index in [-0.39, 0.29) is 18.1 Å². The van der Waals surface area contributed by atoms with Crippen molar-refractivity contribution >= 4 is 35.0 Å². The van der Waals surface area contributed by atoms with Gasteiger partial charge in [-0.05, 0) is 36.4 Å². The third kappa shape index (κ3) is 5.09. The zero-order chi connectivity index (χ0) is 19.1. The van der Waals surface area contributed by atoms with Crippen molar-refractivity contribution in [3.05, 3.63) is 59.6 Å². The second kappa shape index (κ2) is 9.21. The summed E-state index contributed by atoms with van der Waals surface area (Å²) in [5.74, 6) is 0.698. The van der Waals surface area contributed by atoms with Crippen molar-refractivity contribution in [2.45, 2.75) is 11.6 Å². The molecule has 0 unspecified atom stereocenters. The van der Waals surface area contributed by atoms with Crippen molar-refractivity contribution in [1.82, 2.24) is 15.2 Å². The number of rotatable bonds is 7. The predicted octanol–water partition coefficient (Wildman–Crippen LogP) is 4.16. The Labute approximate surface area is 166 Å². The van der Waals surface area contributed by atoms with E-state index in [0.29, 0.717) is 22.5 Å². The van der Waals surface area contributed by atoms with Gasteiger partial charge in [-0.15, -0.1) is 5.10 Å². The fourth-order valence-corrected chi connectivity index (χ4v) is 3.22. The summed E-state index contributed by atoms with van der Waals surface area (Å²) in [6, 6.07) is 18.7. The Kier molecular flexibility index (Phi) is 6.47. The number of hydrogen-bond donors (Lipinski definition) is 1. The smallest absolute Gasteiger partial charge is 0.237 e. The lowest BCUT2D eigenvalue weighted by Crippen LogP contribution is -2.33. The SMILES string of the molecule is N#CCCN(C(=O)CSc1n[nH]c(-c2ccc(Cl)cc2)n1)c1ccccc1. The van der Waals surface area contributed by atoms with Crippen LogP contribution in [0.5, 0.6) is 0 Å². The van der Waals surface area contributed by atoms with Crippen molar-refractivity contribution in [1.29, 1.82) is 5.26 Å². The summed E-state index contributed by atoms with van der Waals surface area (Å²) < 4.78 is 0. The van der Waals surface area contributed by atoms with Crippen LogP contribution in [-0.4, -0.2) is 33.4 Å². The molecule has 0 aliphatic carbocycles. The molecule has 0 aliphatic rings. The fourth-order valence-electron chi connectivity index (χ4n) is 2.42. The van der Waals surface area contributed by atoms with Crippen LogP contribution in [0.1, 0.15) is 6.42 Å². The minimum absolute atomic E-state index is 0.0979. The summed E-state index contributed by atoms with van der Waals surface area (Å²) in [6.07, 6.45) is 0.271. The van der Waals surface area contributed by atoms with E-state index in [0.717, 1.165) is 11.3 Å². The Bertz CT molecular complexity index is 937. The van der Waals surface area contributed by atoms with Gasteiger partial charge in [-0.2, -0.15) is 5.26 Å². The maximum Gasteiger partial charge on any atom is 0.237 e. The van der Waals surface area contributed by atoms with Crippen LogP contribution in [0.25, 0.3) is 11.4 Å². The third-order valence-electron chi connectivity index (χ3n) is 3.72. The molecule has 2 aromatic carbocycles. The van der Waals surface area contributed by atoms with E-state index in [2.05, 4.69) is 21.3 Å². The minimum atomic E-state index is -0.0979. The maximum absolute atomic E-state index is 12.7. The Hall–Kier alpha value is -2.82. The molecule has 0 bridgehead atoms. The summed E-state index contributed by atoms with van der Waals surface area (Å²) in [5.41, 5.74) is 1.64. The van der Waals surface area contributed by atoms with Crippen molar-refractivity contribution < 1.29 is 4.79 Å². The number of amides is 1. The number of halogens is 1. The molecule has 0 saturated heterocycles. The van der Waals surface area contributed by atoms with E-state index >= 15 is 0 Å². The molecule has 3 rings (SSSR count). The number of aromatic amines is 1. The largest absolute Gasteiger partial charge is 0.311 e. The molecule has 0 spiro atoms. The van der Waals surface area contributed by atoms with Crippen LogP contribution in [-0.2, 0) is 4.79 Å². The highest BCUT2D eigenvalue weighted by atomic mass is 35.5. The average Bonchev–Trinajstić information content (AvgIpc) is 3.17. The molecule has 0 fully saturated rings. The number of hydrogen-bond acceptors (Lipinski definition) is 5. The Morgan fingerprint density at radius 2 is 1.93 bits per heavy atom. The Morgan fingerprint density at radius 1 is 1.19 bits per heavy atom. The van der Waals surface area contributed by atoms with Crippen molar-refractivity contribution in [3.63, 3.8) is 0 Å². The summed E-state index contributed by atoms with van der Waals surface area (Å²) in [4.78, 5) is 18.7. The van der Waals surface area contributed by atoms with Gasteiger partial charge >= 0.3 is 0 Å². The summed E-state index contributed by atoms with van der Waals surface area (Å²) in [7, 11) is 0. The van der Waals surface area contributed by atoms with Gasteiger partial charge in [0, 0.05) is 22.8 Å². The maximum atomic E-state index is 12.7. The summed E-state index contributed by atoms with van der Waals surface area (Å²) in [6.45, 7) is 0.351. The van der Waals surface area contributed by atoms with Gasteiger partial charge in [0.1, 0.15) is 0 Å². The first-order chi connectivity index (χ1) is 13.2. The predicted molar refractivity (Wildman–Crippen MR) is 107 cm³/mol. The second-order valence-electron chi connectivity index (χ2n) is 5.55. The van der Waals surface area contributed by atoms with Crippen LogP contribution >= 0.6 is 23.4 Å². The number of carbonyl (C=O) groups is 1. The van der Waals surface area contributed by atoms with Gasteiger partial charge in [-0.1, -0.05) is 41.6 Å². The number of carbonyl (C=O) groups excluding carboxylic acids is 1. The zero-order valence-corrected chi connectivity index (χ0v) is 15.9. The van der Waals surface area contributed by atoms with Crippen LogP contribution < -0.4 is 4.90 Å². The van der Waals surface area contributed by atoms with Crippen LogP contribution in [0.4, 0.5) is 5.69 Å². The molecule has 1 N–H and O–H groups in total. The fraction of sp³-hybridized carbons (Fsp3) is 0.158. The first kappa shape index (κ1) is 19.0. The Balaban J connectivity index is 1.65. The van der Waals surface area contributed by atoms with Gasteiger partial charge in [0.25, 0.3) is 0 Å². The molecule has 0 radical (unpaired) electrons. The third-order valence-corrected chi connectivity index (χ3v) is 4.81. The lowest BCUT2D eigenvalue weighted by Gasteiger charge is -2.21. The molecule has 1 amide bonds. The molecular weight excluding hydrogens is 382 g/mol. The molecule has 1 aromatic heterocycles. The molecule has 0 atom stereocenters. The second-order valence-corrected chi connectivity index (χ2v) is 6.93. The van der Waals surface area contributed by atoms with Crippen LogP contribution in [0.2, 0.25) is 5.02 Å². The van der Waals surface area contributed by atoms with Gasteiger partial charge in [0.05, 0.1) is 18.2 Å². The van der Waals surface area contributed by atoms with E-state index in [9.17, 15) is 4.79 Å². The quantitative estimate of drug-likeness (QED) is 0.605. The number of benzene rings is 2. The van der Waals surface area contributed by atoms with Gasteiger partial charge in [0.15, 0.2) is 5.82 Å². The summed E-state index contributed by atoms with van der Waals surface area (Å²) in [5, 5.41) is 17.0. The van der Waals surface area contributed by atoms with Crippen LogP contribution in [0.15, 0.2) is 59.8 Å². The monoisotopic (exact) mass is 397 g/mol. The van der Waals surface area contributed by atoms with E-state index in [1.165, 1.54) is 11.8 Å². The lowest BCUT2D eigenvalue weighted by atomic mass is 10.2. The molecule has 136 valence electrons. The number of anilines is 1. The van der Waals surface area contributed by atoms with E-state index < -0.39 is 0 Å². The topological polar surface area (TPSA) is 85.7 Å². The lowest BCUT2D eigenvalue weighted by molar-refractivity contribution is -0.116. The molecule has 0 aliphatic heterocycles. The molecule has 1 heterocycles. The highest BCUT2D eigenvalue weighted by Gasteiger charge is 2.17. The van der Waals surface area contributed by atoms with E-state index in [4.69, 9.17) is 16.9 Å². The highest BCUT2D eigenvalue weighted by molar-refractivity contribution is 7.99. The number of para-hydroxylation sites is 1. The van der Waals surface area contributed by atoms with Gasteiger partial charge in [-0.25, -0.2) is 4.98 Å². The summed E-state index contributed by atoms with van der Waals surface area (Å²) >= 11 is 7.14. The van der Waals surface area contributed by atoms with Gasteiger partial charge < -0.3 is 4.90 Å². The highest BCUT2D eigenvalue weighted by Crippen LogP contribution is 2.22. The van der Waals surface area contributed by atoms with Crippen molar-refractivity contribution in [2.75, 3.05) is 17.2 Å². The number of nitriles is 1. The van der Waals surface area contributed by atoms with E-state index in [1.54, 1.807) is 17.0 Å². The van der Waals surface area contributed by atoms with Crippen LogP contribution in [0, 0.1) is 11.3 Å². The zero-order valence-electron chi connectivity index (χ0n) is 14.3. The standard InChI is InChI=1S/C19H16ClN5OS/c20-15-9-7-14(8-10-15)18-22-19(24-23-18)27-13-17(26)25(12-4-11-21)16-5-2-1-3-6-16/h1-3,5-10H,4,12-13H2,(H,22,23,24). The number of nitrogens with one attached hydrogen (secondary N) is 1. The molecule has 8 heteroatoms. The average molecular weight is 398 g/mol.